The maximum absolute atomic E-state index is 12.0. The number of halogens is 1. The number of amides is 1. The van der Waals surface area contributed by atoms with Gasteiger partial charge in [-0.25, -0.2) is 0 Å². The van der Waals surface area contributed by atoms with Crippen LogP contribution in [0.1, 0.15) is 22.8 Å². The van der Waals surface area contributed by atoms with Gasteiger partial charge in [0.25, 0.3) is 5.91 Å². The summed E-state index contributed by atoms with van der Waals surface area (Å²) in [4.78, 5) is 12.0. The molecule has 1 aromatic carbocycles. The Morgan fingerprint density at radius 3 is 2.84 bits per heavy atom. The van der Waals surface area contributed by atoms with Crippen molar-refractivity contribution in [1.82, 2.24) is 5.32 Å². The molecule has 5 heteroatoms. The number of nitrogen functional groups attached to an aromatic ring is 1. The fraction of sp³-hybridized carbons (Fsp3) is 0.357. The van der Waals surface area contributed by atoms with E-state index in [0.29, 0.717) is 31.0 Å². The molecule has 0 saturated carbocycles. The van der Waals surface area contributed by atoms with E-state index < -0.39 is 0 Å². The van der Waals surface area contributed by atoms with Crippen molar-refractivity contribution in [1.29, 1.82) is 0 Å². The highest BCUT2D eigenvalue weighted by atomic mass is 79.9. The Balaban J connectivity index is 2.52. The van der Waals surface area contributed by atoms with E-state index in [4.69, 9.17) is 10.5 Å². The molecule has 1 aromatic rings. The number of carbonyl (C=O) groups is 1. The normalized spacial score (nSPS) is 10.3. The fourth-order valence-corrected chi connectivity index (χ4v) is 1.99. The van der Waals surface area contributed by atoms with Crippen LogP contribution in [0.25, 0.3) is 0 Å². The molecule has 3 N–H and O–H groups in total. The van der Waals surface area contributed by atoms with E-state index in [2.05, 4.69) is 27.8 Å². The molecule has 0 atom stereocenters. The zero-order chi connectivity index (χ0) is 14.4. The molecule has 0 unspecified atom stereocenters. The van der Waals surface area contributed by atoms with E-state index in [1.807, 2.05) is 13.8 Å². The molecule has 0 aromatic heterocycles. The van der Waals surface area contributed by atoms with Crippen molar-refractivity contribution in [3.8, 4) is 0 Å². The van der Waals surface area contributed by atoms with Gasteiger partial charge in [0.1, 0.15) is 0 Å². The van der Waals surface area contributed by atoms with Crippen LogP contribution < -0.4 is 11.1 Å². The summed E-state index contributed by atoms with van der Waals surface area (Å²) in [5.41, 5.74) is 8.74. The second kappa shape index (κ2) is 7.31. The first-order valence-corrected chi connectivity index (χ1v) is 6.77. The highest BCUT2D eigenvalue weighted by Gasteiger charge is 2.11. The third-order valence-corrected chi connectivity index (χ3v) is 3.00. The van der Waals surface area contributed by atoms with Crippen molar-refractivity contribution in [3.05, 3.63) is 39.9 Å². The lowest BCUT2D eigenvalue weighted by molar-refractivity contribution is 0.0926. The first-order chi connectivity index (χ1) is 8.91. The topological polar surface area (TPSA) is 64.3 Å². The van der Waals surface area contributed by atoms with Crippen LogP contribution in [0, 0.1) is 6.92 Å². The number of hydrogen-bond donors (Lipinski definition) is 2. The van der Waals surface area contributed by atoms with Crippen molar-refractivity contribution >= 4 is 27.5 Å². The van der Waals surface area contributed by atoms with E-state index in [-0.39, 0.29) is 5.91 Å². The van der Waals surface area contributed by atoms with Gasteiger partial charge in [-0.15, -0.1) is 0 Å². The van der Waals surface area contributed by atoms with Crippen molar-refractivity contribution in [2.45, 2.75) is 13.8 Å². The van der Waals surface area contributed by atoms with Crippen LogP contribution in [0.2, 0.25) is 0 Å². The summed E-state index contributed by atoms with van der Waals surface area (Å²) in [5, 5.41) is 2.80. The lowest BCUT2D eigenvalue weighted by Crippen LogP contribution is -2.28. The van der Waals surface area contributed by atoms with Gasteiger partial charge >= 0.3 is 0 Å². The summed E-state index contributed by atoms with van der Waals surface area (Å²) in [6.45, 7) is 8.89. The standard InChI is InChI=1S/C14H19BrN2O2/c1-9(2)8-19-5-4-17-14(18)12-6-11(15)7-13(16)10(12)3/h6-7H,1,4-5,8,16H2,2-3H3,(H,17,18). The lowest BCUT2D eigenvalue weighted by atomic mass is 10.1. The number of nitrogens with one attached hydrogen (secondary N) is 1. The Labute approximate surface area is 122 Å². The van der Waals surface area contributed by atoms with Crippen LogP contribution in [0.3, 0.4) is 0 Å². The molecule has 0 aliphatic rings. The maximum atomic E-state index is 12.0. The Morgan fingerprint density at radius 2 is 2.21 bits per heavy atom. The van der Waals surface area contributed by atoms with Crippen LogP contribution in [0.15, 0.2) is 28.8 Å². The Hall–Kier alpha value is -1.33. The predicted octanol–water partition coefficient (Wildman–Crippen LogP) is 2.66. The fourth-order valence-electron chi connectivity index (χ4n) is 1.51. The third kappa shape index (κ3) is 5.04. The molecular weight excluding hydrogens is 308 g/mol. The minimum absolute atomic E-state index is 0.149. The molecule has 0 bridgehead atoms. The number of hydrogen-bond acceptors (Lipinski definition) is 3. The molecule has 0 aliphatic heterocycles. The van der Waals surface area contributed by atoms with Gasteiger partial charge in [0, 0.05) is 22.3 Å². The van der Waals surface area contributed by atoms with Crippen LogP contribution in [0.5, 0.6) is 0 Å². The summed E-state index contributed by atoms with van der Waals surface area (Å²) in [5.74, 6) is -0.149. The third-order valence-electron chi connectivity index (χ3n) is 2.54. The average molecular weight is 327 g/mol. The smallest absolute Gasteiger partial charge is 0.251 e. The number of benzene rings is 1. The second-order valence-electron chi connectivity index (χ2n) is 4.43. The first-order valence-electron chi connectivity index (χ1n) is 5.97. The van der Waals surface area contributed by atoms with Gasteiger partial charge < -0.3 is 15.8 Å². The number of ether oxygens (including phenoxy) is 1. The van der Waals surface area contributed by atoms with Crippen LogP contribution in [0.4, 0.5) is 5.69 Å². The predicted molar refractivity (Wildman–Crippen MR) is 81.3 cm³/mol. The van der Waals surface area contributed by atoms with Crippen LogP contribution >= 0.6 is 15.9 Å². The van der Waals surface area contributed by atoms with Gasteiger partial charge in [-0.3, -0.25) is 4.79 Å². The lowest BCUT2D eigenvalue weighted by Gasteiger charge is -2.10. The van der Waals surface area contributed by atoms with E-state index in [1.54, 1.807) is 12.1 Å². The maximum Gasteiger partial charge on any atom is 0.251 e. The molecule has 0 heterocycles. The Morgan fingerprint density at radius 1 is 1.53 bits per heavy atom. The van der Waals surface area contributed by atoms with Crippen LogP contribution in [-0.4, -0.2) is 25.7 Å². The first kappa shape index (κ1) is 15.7. The molecule has 4 nitrogen and oxygen atoms in total. The molecule has 0 radical (unpaired) electrons. The number of anilines is 1. The van der Waals surface area contributed by atoms with E-state index in [1.165, 1.54) is 0 Å². The summed E-state index contributed by atoms with van der Waals surface area (Å²) in [7, 11) is 0. The van der Waals surface area contributed by atoms with Gasteiger partial charge in [0.05, 0.1) is 13.2 Å². The number of carbonyl (C=O) groups excluding carboxylic acids is 1. The largest absolute Gasteiger partial charge is 0.398 e. The summed E-state index contributed by atoms with van der Waals surface area (Å²) < 4.78 is 6.10. The van der Waals surface area contributed by atoms with E-state index >= 15 is 0 Å². The Bertz CT molecular complexity index is 487. The van der Waals surface area contributed by atoms with Crippen molar-refractivity contribution in [3.63, 3.8) is 0 Å². The molecular formula is C14H19BrN2O2. The van der Waals surface area contributed by atoms with E-state index in [0.717, 1.165) is 15.6 Å². The van der Waals surface area contributed by atoms with Gasteiger partial charge in [0.2, 0.25) is 0 Å². The summed E-state index contributed by atoms with van der Waals surface area (Å²) >= 11 is 3.33. The van der Waals surface area contributed by atoms with Gasteiger partial charge in [-0.2, -0.15) is 0 Å². The zero-order valence-corrected chi connectivity index (χ0v) is 12.8. The molecule has 0 aliphatic carbocycles. The van der Waals surface area contributed by atoms with Crippen molar-refractivity contribution in [2.24, 2.45) is 0 Å². The molecule has 19 heavy (non-hydrogen) atoms. The second-order valence-corrected chi connectivity index (χ2v) is 5.35. The molecule has 0 saturated heterocycles. The van der Waals surface area contributed by atoms with Crippen LogP contribution in [-0.2, 0) is 4.74 Å². The molecule has 104 valence electrons. The van der Waals surface area contributed by atoms with Gasteiger partial charge in [0.15, 0.2) is 0 Å². The SMILES string of the molecule is C=C(C)COCCNC(=O)c1cc(Br)cc(N)c1C. The highest BCUT2D eigenvalue weighted by Crippen LogP contribution is 2.22. The van der Waals surface area contributed by atoms with Crippen molar-refractivity contribution < 1.29 is 9.53 Å². The number of rotatable bonds is 6. The number of nitrogens with two attached hydrogens (primary N) is 1. The summed E-state index contributed by atoms with van der Waals surface area (Å²) in [6.07, 6.45) is 0. The molecule has 1 amide bonds. The minimum atomic E-state index is -0.149. The molecule has 0 spiro atoms. The minimum Gasteiger partial charge on any atom is -0.398 e. The Kier molecular flexibility index (Phi) is 6.05. The average Bonchev–Trinajstić information content (AvgIpc) is 2.32. The zero-order valence-electron chi connectivity index (χ0n) is 11.3. The molecule has 0 fully saturated rings. The highest BCUT2D eigenvalue weighted by molar-refractivity contribution is 9.10. The molecule has 1 rings (SSSR count). The quantitative estimate of drug-likeness (QED) is 0.480. The van der Waals surface area contributed by atoms with Crippen molar-refractivity contribution in [2.75, 3.05) is 25.5 Å². The monoisotopic (exact) mass is 326 g/mol. The van der Waals surface area contributed by atoms with Gasteiger partial charge in [-0.05, 0) is 31.5 Å². The van der Waals surface area contributed by atoms with Gasteiger partial charge in [-0.1, -0.05) is 28.1 Å². The summed E-state index contributed by atoms with van der Waals surface area (Å²) in [6, 6.07) is 3.54. The van der Waals surface area contributed by atoms with E-state index in [9.17, 15) is 4.79 Å².